The Morgan fingerprint density at radius 2 is 1.43 bits per heavy atom. The highest BCUT2D eigenvalue weighted by molar-refractivity contribution is 5.88. The van der Waals surface area contributed by atoms with E-state index >= 15 is 0 Å². The molecule has 0 radical (unpaired) electrons. The van der Waals surface area contributed by atoms with E-state index in [0.717, 1.165) is 0 Å². The van der Waals surface area contributed by atoms with Gasteiger partial charge in [-0.1, -0.05) is 0 Å². The van der Waals surface area contributed by atoms with Crippen LogP contribution in [-0.2, 0) is 9.47 Å². The highest BCUT2D eigenvalue weighted by Crippen LogP contribution is 2.06. The van der Waals surface area contributed by atoms with Crippen molar-refractivity contribution in [1.82, 2.24) is 28.7 Å². The number of aromatic nitrogens is 6. The molecule has 12 nitrogen and oxygen atoms in total. The molecule has 30 heavy (non-hydrogen) atoms. The first-order chi connectivity index (χ1) is 14.3. The smallest absolute Gasteiger partial charge is 0.356 e. The van der Waals surface area contributed by atoms with Crippen LogP contribution in [0.3, 0.4) is 0 Å². The third-order valence-corrected chi connectivity index (χ3v) is 4.11. The van der Waals surface area contributed by atoms with Crippen LogP contribution in [0, 0.1) is 13.8 Å². The summed E-state index contributed by atoms with van der Waals surface area (Å²) in [5, 5.41) is 0. The number of hydrogen-bond donors (Lipinski definition) is 2. The van der Waals surface area contributed by atoms with Gasteiger partial charge in [0, 0.05) is 23.8 Å². The Morgan fingerprint density at radius 3 is 2.03 bits per heavy atom. The van der Waals surface area contributed by atoms with Crippen LogP contribution < -0.4 is 11.4 Å². The first kappa shape index (κ1) is 20.5. The molecule has 0 unspecified atom stereocenters. The van der Waals surface area contributed by atoms with E-state index in [1.807, 2.05) is 0 Å². The van der Waals surface area contributed by atoms with Crippen molar-refractivity contribution in [3.05, 3.63) is 68.3 Å². The fraction of sp³-hybridized carbons (Fsp3) is 0.222. The standard InChI is InChI=1S/2C9H9N3O3/c1-5-3-6(8(13)15-2)11-7-4-10-9(14)12(5)7;1-5-3-6(8(13)15-2)12-7(11-5)4-10-9(12)14/h2*3-4H,1-2H3,(H,10,14). The van der Waals surface area contributed by atoms with E-state index in [4.69, 9.17) is 0 Å². The summed E-state index contributed by atoms with van der Waals surface area (Å²) in [5.74, 6) is -1.08. The monoisotopic (exact) mass is 414 g/mol. The number of nitrogens with zero attached hydrogens (tertiary/aromatic N) is 4. The minimum atomic E-state index is -0.563. The molecule has 2 N–H and O–H groups in total. The number of fused-ring (bicyclic) bond motifs is 2. The molecule has 0 bridgehead atoms. The molecular weight excluding hydrogens is 396 g/mol. The van der Waals surface area contributed by atoms with E-state index in [9.17, 15) is 19.2 Å². The first-order valence-electron chi connectivity index (χ1n) is 8.59. The number of nitrogens with one attached hydrogen (secondary N) is 2. The Balaban J connectivity index is 0.000000171. The molecule has 4 aromatic rings. The maximum atomic E-state index is 11.4. The van der Waals surface area contributed by atoms with Gasteiger partial charge >= 0.3 is 23.3 Å². The first-order valence-corrected chi connectivity index (χ1v) is 8.59. The summed E-state index contributed by atoms with van der Waals surface area (Å²) < 4.78 is 11.7. The lowest BCUT2D eigenvalue weighted by Crippen LogP contribution is -2.19. The summed E-state index contributed by atoms with van der Waals surface area (Å²) in [7, 11) is 2.55. The van der Waals surface area contributed by atoms with Crippen LogP contribution in [-0.4, -0.2) is 54.9 Å². The van der Waals surface area contributed by atoms with E-state index in [0.29, 0.717) is 22.7 Å². The van der Waals surface area contributed by atoms with Crippen molar-refractivity contribution in [2.75, 3.05) is 14.2 Å². The van der Waals surface area contributed by atoms with Crippen molar-refractivity contribution >= 4 is 23.2 Å². The number of methoxy groups -OCH3 is 2. The highest BCUT2D eigenvalue weighted by atomic mass is 16.5. The molecule has 0 amide bonds. The third kappa shape index (κ3) is 3.70. The van der Waals surface area contributed by atoms with Gasteiger partial charge in [-0.2, -0.15) is 0 Å². The summed E-state index contributed by atoms with van der Waals surface area (Å²) in [6.07, 6.45) is 2.89. The normalized spacial score (nSPS) is 10.5. The van der Waals surface area contributed by atoms with Crippen LogP contribution in [0.2, 0.25) is 0 Å². The number of H-pyrrole nitrogens is 2. The van der Waals surface area contributed by atoms with E-state index in [2.05, 4.69) is 29.4 Å². The van der Waals surface area contributed by atoms with Crippen molar-refractivity contribution in [2.24, 2.45) is 0 Å². The number of imidazole rings is 2. The molecule has 12 heteroatoms. The van der Waals surface area contributed by atoms with E-state index in [-0.39, 0.29) is 17.1 Å². The predicted octanol–water partition coefficient (Wildman–Crippen LogP) is 0.235. The quantitative estimate of drug-likeness (QED) is 0.442. The molecule has 4 aromatic heterocycles. The lowest BCUT2D eigenvalue weighted by Gasteiger charge is -2.03. The van der Waals surface area contributed by atoms with Gasteiger partial charge in [0.1, 0.15) is 5.69 Å². The Kier molecular flexibility index (Phi) is 5.49. The van der Waals surface area contributed by atoms with Crippen molar-refractivity contribution in [1.29, 1.82) is 0 Å². The van der Waals surface area contributed by atoms with Gasteiger partial charge in [0.2, 0.25) is 0 Å². The fourth-order valence-electron chi connectivity index (χ4n) is 2.81. The van der Waals surface area contributed by atoms with Gasteiger partial charge in [0.25, 0.3) is 0 Å². The van der Waals surface area contributed by atoms with Gasteiger partial charge in [-0.25, -0.2) is 37.9 Å². The molecule has 0 atom stereocenters. The number of aromatic amines is 2. The summed E-state index contributed by atoms with van der Waals surface area (Å²) in [6.45, 7) is 3.46. The summed E-state index contributed by atoms with van der Waals surface area (Å²) in [5.41, 5.74) is 1.77. The Hall–Kier alpha value is -4.22. The van der Waals surface area contributed by atoms with E-state index in [1.165, 1.54) is 47.5 Å². The molecular formula is C18H18N6O6. The zero-order valence-corrected chi connectivity index (χ0v) is 16.5. The van der Waals surface area contributed by atoms with Crippen LogP contribution in [0.15, 0.2) is 34.1 Å². The topological polar surface area (TPSA) is 153 Å². The number of esters is 2. The lowest BCUT2D eigenvalue weighted by molar-refractivity contribution is 0.0584. The molecule has 156 valence electrons. The number of ether oxygens (including phenoxy) is 2. The van der Waals surface area contributed by atoms with Crippen molar-refractivity contribution in [2.45, 2.75) is 13.8 Å². The van der Waals surface area contributed by atoms with Crippen LogP contribution in [0.25, 0.3) is 11.3 Å². The number of rotatable bonds is 2. The second kappa shape index (κ2) is 8.03. The van der Waals surface area contributed by atoms with E-state index < -0.39 is 17.6 Å². The van der Waals surface area contributed by atoms with Gasteiger partial charge < -0.3 is 19.4 Å². The maximum absolute atomic E-state index is 11.4. The molecule has 0 aliphatic heterocycles. The van der Waals surface area contributed by atoms with Crippen LogP contribution in [0.1, 0.15) is 32.4 Å². The van der Waals surface area contributed by atoms with Crippen molar-refractivity contribution < 1.29 is 19.1 Å². The fourth-order valence-corrected chi connectivity index (χ4v) is 2.81. The zero-order valence-electron chi connectivity index (χ0n) is 16.5. The summed E-state index contributed by atoms with van der Waals surface area (Å²) in [6, 6.07) is 3.02. The largest absolute Gasteiger partial charge is 0.464 e. The van der Waals surface area contributed by atoms with Crippen molar-refractivity contribution in [3.8, 4) is 0 Å². The molecule has 0 aromatic carbocycles. The Labute approximate surface area is 168 Å². The summed E-state index contributed by atoms with van der Waals surface area (Å²) >= 11 is 0. The van der Waals surface area contributed by atoms with E-state index in [1.54, 1.807) is 13.8 Å². The number of hydrogen-bond acceptors (Lipinski definition) is 8. The molecule has 4 heterocycles. The highest BCUT2D eigenvalue weighted by Gasteiger charge is 2.14. The number of aryl methyl sites for hydroxylation is 2. The minimum absolute atomic E-state index is 0.172. The minimum Gasteiger partial charge on any atom is -0.464 e. The van der Waals surface area contributed by atoms with Gasteiger partial charge in [-0.15, -0.1) is 0 Å². The molecule has 0 saturated heterocycles. The lowest BCUT2D eigenvalue weighted by atomic mass is 10.3. The molecule has 0 fully saturated rings. The Bertz CT molecular complexity index is 1370. The van der Waals surface area contributed by atoms with Crippen LogP contribution >= 0.6 is 0 Å². The van der Waals surface area contributed by atoms with Crippen molar-refractivity contribution in [3.63, 3.8) is 0 Å². The van der Waals surface area contributed by atoms with Gasteiger partial charge in [-0.05, 0) is 26.0 Å². The molecule has 0 spiro atoms. The molecule has 0 saturated carbocycles. The summed E-state index contributed by atoms with van der Waals surface area (Å²) in [4.78, 5) is 58.4. The number of carbonyl (C=O) groups is 2. The molecule has 4 rings (SSSR count). The average molecular weight is 414 g/mol. The van der Waals surface area contributed by atoms with Gasteiger partial charge in [0.05, 0.1) is 14.2 Å². The zero-order chi connectivity index (χ0) is 22.0. The molecule has 0 aliphatic rings. The second-order valence-electron chi connectivity index (χ2n) is 6.12. The van der Waals surface area contributed by atoms with Crippen LogP contribution in [0.4, 0.5) is 0 Å². The second-order valence-corrected chi connectivity index (χ2v) is 6.12. The Morgan fingerprint density at radius 1 is 0.867 bits per heavy atom. The maximum Gasteiger partial charge on any atom is 0.356 e. The van der Waals surface area contributed by atoms with Gasteiger partial charge in [0.15, 0.2) is 17.0 Å². The predicted molar refractivity (Wildman–Crippen MR) is 104 cm³/mol. The average Bonchev–Trinajstić information content (AvgIpc) is 3.29. The van der Waals surface area contributed by atoms with Gasteiger partial charge in [-0.3, -0.25) is 0 Å². The third-order valence-electron chi connectivity index (χ3n) is 4.11. The molecule has 0 aliphatic carbocycles. The number of carbonyl (C=O) groups excluding carboxylic acids is 2. The SMILES string of the molecule is COC(=O)c1cc(C)n2c(=O)[nH]cc2n1.COC(=O)c1cc(C)nc2c[nH]c(=O)n12. The van der Waals surface area contributed by atoms with Crippen LogP contribution in [0.5, 0.6) is 0 Å².